The molecule has 0 amide bonds. The van der Waals surface area contributed by atoms with Gasteiger partial charge in [0.1, 0.15) is 5.75 Å². The van der Waals surface area contributed by atoms with Crippen LogP contribution in [0.1, 0.15) is 22.0 Å². The first-order valence-electron chi connectivity index (χ1n) is 6.17. The maximum atomic E-state index is 12.3. The molecule has 2 unspecified atom stereocenters. The van der Waals surface area contributed by atoms with Gasteiger partial charge in [-0.15, -0.1) is 0 Å². The third-order valence-corrected chi connectivity index (χ3v) is 3.32. The molecule has 20 heavy (non-hydrogen) atoms. The van der Waals surface area contributed by atoms with E-state index in [1.807, 2.05) is 6.07 Å². The van der Waals surface area contributed by atoms with Crippen molar-refractivity contribution in [3.63, 3.8) is 0 Å². The van der Waals surface area contributed by atoms with Gasteiger partial charge in [-0.2, -0.15) is 0 Å². The highest BCUT2D eigenvalue weighted by atomic mass is 16.6. The van der Waals surface area contributed by atoms with Crippen molar-refractivity contribution in [2.45, 2.75) is 12.1 Å². The number of hydrogen-bond donors (Lipinski definition) is 0. The number of para-hydroxylation sites is 1. The van der Waals surface area contributed by atoms with E-state index in [9.17, 15) is 14.9 Å². The number of nitrogens with zero attached hydrogens (tertiary/aromatic N) is 1. The van der Waals surface area contributed by atoms with Crippen molar-refractivity contribution in [3.8, 4) is 5.75 Å². The van der Waals surface area contributed by atoms with Gasteiger partial charge in [-0.25, -0.2) is 0 Å². The van der Waals surface area contributed by atoms with E-state index in [2.05, 4.69) is 0 Å². The molecular weight excluding hydrogens is 258 g/mol. The van der Waals surface area contributed by atoms with Gasteiger partial charge in [0.2, 0.25) is 5.78 Å². The number of fused-ring (bicyclic) bond motifs is 1. The third-order valence-electron chi connectivity index (χ3n) is 3.32. The lowest BCUT2D eigenvalue weighted by Gasteiger charge is -2.27. The fourth-order valence-electron chi connectivity index (χ4n) is 2.37. The number of ether oxygens (including phenoxy) is 1. The molecule has 0 aliphatic carbocycles. The highest BCUT2D eigenvalue weighted by Gasteiger charge is 2.46. The average molecular weight is 269 g/mol. The van der Waals surface area contributed by atoms with E-state index in [-0.39, 0.29) is 5.56 Å². The lowest BCUT2D eigenvalue weighted by atomic mass is 9.92. The largest absolute Gasteiger partial charge is 0.477 e. The van der Waals surface area contributed by atoms with Crippen LogP contribution in [0.5, 0.6) is 5.75 Å². The summed E-state index contributed by atoms with van der Waals surface area (Å²) >= 11 is 0. The van der Waals surface area contributed by atoms with Gasteiger partial charge in [0.15, 0.2) is 6.10 Å². The second-order valence-electron chi connectivity index (χ2n) is 4.54. The molecule has 2 aromatic rings. The van der Waals surface area contributed by atoms with Crippen molar-refractivity contribution in [1.29, 1.82) is 0 Å². The Kier molecular flexibility index (Phi) is 2.95. The maximum absolute atomic E-state index is 12.3. The zero-order valence-electron chi connectivity index (χ0n) is 10.4. The van der Waals surface area contributed by atoms with Gasteiger partial charge in [-0.05, 0) is 17.7 Å². The van der Waals surface area contributed by atoms with Gasteiger partial charge < -0.3 is 4.74 Å². The average Bonchev–Trinajstić information content (AvgIpc) is 2.47. The van der Waals surface area contributed by atoms with Crippen molar-refractivity contribution in [1.82, 2.24) is 0 Å². The Morgan fingerprint density at radius 1 is 1.00 bits per heavy atom. The molecule has 5 heteroatoms. The second kappa shape index (κ2) is 4.77. The molecule has 0 radical (unpaired) electrons. The highest BCUT2D eigenvalue weighted by Crippen LogP contribution is 2.35. The van der Waals surface area contributed by atoms with Gasteiger partial charge in [0.05, 0.1) is 5.56 Å². The van der Waals surface area contributed by atoms with Gasteiger partial charge in [-0.3, -0.25) is 14.9 Å². The number of hydrogen-bond acceptors (Lipinski definition) is 4. The summed E-state index contributed by atoms with van der Waals surface area (Å²) in [6.45, 7) is 0. The van der Waals surface area contributed by atoms with E-state index >= 15 is 0 Å². The van der Waals surface area contributed by atoms with Crippen molar-refractivity contribution in [2.75, 3.05) is 0 Å². The van der Waals surface area contributed by atoms with Gasteiger partial charge in [0, 0.05) is 4.92 Å². The van der Waals surface area contributed by atoms with E-state index in [4.69, 9.17) is 4.74 Å². The van der Waals surface area contributed by atoms with Crippen LogP contribution in [0.3, 0.4) is 0 Å². The number of Topliss-reactive ketones (excluding diaryl/α,β-unsaturated/α-hetero) is 1. The molecule has 0 saturated carbocycles. The molecule has 0 fully saturated rings. The number of ketones is 1. The normalized spacial score (nSPS) is 20.9. The second-order valence-corrected chi connectivity index (χ2v) is 4.54. The maximum Gasteiger partial charge on any atom is 0.315 e. The summed E-state index contributed by atoms with van der Waals surface area (Å²) in [4.78, 5) is 23.0. The molecule has 100 valence electrons. The summed E-state index contributed by atoms with van der Waals surface area (Å²) < 4.78 is 5.70. The van der Waals surface area contributed by atoms with Crippen LogP contribution in [0.25, 0.3) is 0 Å². The first-order chi connectivity index (χ1) is 9.68. The number of benzene rings is 2. The minimum Gasteiger partial charge on any atom is -0.477 e. The molecular formula is C15H11NO4. The molecule has 3 rings (SSSR count). The Morgan fingerprint density at radius 2 is 1.65 bits per heavy atom. The lowest BCUT2D eigenvalue weighted by molar-refractivity contribution is -0.517. The van der Waals surface area contributed by atoms with Crippen LogP contribution in [-0.2, 0) is 0 Å². The number of rotatable bonds is 2. The Morgan fingerprint density at radius 3 is 2.35 bits per heavy atom. The summed E-state index contributed by atoms with van der Waals surface area (Å²) in [6.07, 6.45) is -0.895. The number of carbonyl (C=O) groups excluding carboxylic acids is 1. The van der Waals surface area contributed by atoms with Gasteiger partial charge >= 0.3 is 6.04 Å². The zero-order chi connectivity index (χ0) is 14.1. The SMILES string of the molecule is O=C1c2ccccc2OC(c2ccccc2)C1[N+](=O)[O-]. The Hall–Kier alpha value is -2.69. The monoisotopic (exact) mass is 269 g/mol. The third kappa shape index (κ3) is 1.93. The molecule has 5 nitrogen and oxygen atoms in total. The highest BCUT2D eigenvalue weighted by molar-refractivity contribution is 6.03. The van der Waals surface area contributed by atoms with E-state index in [1.54, 1.807) is 48.5 Å². The van der Waals surface area contributed by atoms with Crippen LogP contribution >= 0.6 is 0 Å². The molecule has 0 spiro atoms. The van der Waals surface area contributed by atoms with Crippen LogP contribution in [0.15, 0.2) is 54.6 Å². The molecule has 0 N–H and O–H groups in total. The summed E-state index contributed by atoms with van der Waals surface area (Å²) in [7, 11) is 0. The molecule has 1 aliphatic heterocycles. The topological polar surface area (TPSA) is 69.4 Å². The first kappa shape index (κ1) is 12.3. The van der Waals surface area contributed by atoms with E-state index in [1.165, 1.54) is 0 Å². The smallest absolute Gasteiger partial charge is 0.315 e. The van der Waals surface area contributed by atoms with Crippen LogP contribution in [0.2, 0.25) is 0 Å². The summed E-state index contributed by atoms with van der Waals surface area (Å²) in [6, 6.07) is 14.0. The summed E-state index contributed by atoms with van der Waals surface area (Å²) in [5, 5.41) is 11.3. The van der Waals surface area contributed by atoms with Crippen LogP contribution in [0, 0.1) is 10.1 Å². The van der Waals surface area contributed by atoms with Gasteiger partial charge in [0.25, 0.3) is 0 Å². The molecule has 2 aromatic carbocycles. The Balaban J connectivity index is 2.11. The molecule has 0 aromatic heterocycles. The van der Waals surface area contributed by atoms with Crippen LogP contribution in [0.4, 0.5) is 0 Å². The van der Waals surface area contributed by atoms with E-state index in [0.29, 0.717) is 11.3 Å². The van der Waals surface area contributed by atoms with Crippen molar-refractivity contribution in [3.05, 3.63) is 75.8 Å². The predicted molar refractivity (Wildman–Crippen MR) is 71.4 cm³/mol. The zero-order valence-corrected chi connectivity index (χ0v) is 10.4. The van der Waals surface area contributed by atoms with Crippen molar-refractivity contribution >= 4 is 5.78 Å². The summed E-state index contributed by atoms with van der Waals surface area (Å²) in [5.41, 5.74) is 0.887. The lowest BCUT2D eigenvalue weighted by Crippen LogP contribution is -2.41. The fourth-order valence-corrected chi connectivity index (χ4v) is 2.37. The van der Waals surface area contributed by atoms with E-state index < -0.39 is 22.9 Å². The quantitative estimate of drug-likeness (QED) is 0.620. The molecule has 2 atom stereocenters. The molecule has 0 saturated heterocycles. The fraction of sp³-hybridized carbons (Fsp3) is 0.133. The number of carbonyl (C=O) groups is 1. The standard InChI is InChI=1S/C15H11NO4/c17-14-11-8-4-5-9-12(11)20-15(13(14)16(18)19)10-6-2-1-3-7-10/h1-9,13,15H. The molecule has 1 heterocycles. The first-order valence-corrected chi connectivity index (χ1v) is 6.17. The molecule has 0 bridgehead atoms. The Labute approximate surface area is 115 Å². The molecule has 1 aliphatic rings. The Bertz CT molecular complexity index is 669. The van der Waals surface area contributed by atoms with Crippen LogP contribution < -0.4 is 4.74 Å². The minimum absolute atomic E-state index is 0.265. The van der Waals surface area contributed by atoms with Crippen molar-refractivity contribution in [2.24, 2.45) is 0 Å². The predicted octanol–water partition coefficient (Wildman–Crippen LogP) is 2.65. The van der Waals surface area contributed by atoms with E-state index in [0.717, 1.165) is 0 Å². The van der Waals surface area contributed by atoms with Crippen LogP contribution in [-0.4, -0.2) is 16.7 Å². The minimum atomic E-state index is -1.41. The van der Waals surface area contributed by atoms with Crippen molar-refractivity contribution < 1.29 is 14.5 Å². The van der Waals surface area contributed by atoms with Gasteiger partial charge in [-0.1, -0.05) is 42.5 Å². The number of nitro groups is 1. The summed E-state index contributed by atoms with van der Waals surface area (Å²) in [5.74, 6) is -0.116.